The Morgan fingerprint density at radius 3 is 1.91 bits per heavy atom. The van der Waals surface area contributed by atoms with Crippen molar-refractivity contribution in [2.45, 2.75) is 116 Å². The molecule has 0 unspecified atom stereocenters. The Hall–Kier alpha value is -2.81. The van der Waals surface area contributed by atoms with Gasteiger partial charge in [0.05, 0.1) is 0 Å². The van der Waals surface area contributed by atoms with Crippen molar-refractivity contribution in [3.05, 3.63) is 95.3 Å². The third-order valence-electron chi connectivity index (χ3n) is 10.7. The first-order valence-electron chi connectivity index (χ1n) is 17.5. The van der Waals surface area contributed by atoms with Crippen LogP contribution in [-0.4, -0.2) is 0 Å². The lowest BCUT2D eigenvalue weighted by Crippen LogP contribution is -2.25. The van der Waals surface area contributed by atoms with Gasteiger partial charge in [-0.3, -0.25) is 0 Å². The normalized spacial score (nSPS) is 22.5. The minimum atomic E-state index is -0.785. The van der Waals surface area contributed by atoms with Gasteiger partial charge in [-0.15, -0.1) is 0 Å². The summed E-state index contributed by atoms with van der Waals surface area (Å²) in [5, 5.41) is 0. The van der Waals surface area contributed by atoms with E-state index in [9.17, 15) is 4.39 Å². The van der Waals surface area contributed by atoms with Crippen LogP contribution >= 0.6 is 0 Å². The van der Waals surface area contributed by atoms with E-state index in [4.69, 9.17) is 0 Å². The zero-order valence-corrected chi connectivity index (χ0v) is 26.9. The summed E-state index contributed by atoms with van der Waals surface area (Å²) in [5.41, 5.74) is 3.88. The van der Waals surface area contributed by atoms with Gasteiger partial charge in [0.1, 0.15) is 5.82 Å². The summed E-state index contributed by atoms with van der Waals surface area (Å²) in [7, 11) is 0. The van der Waals surface area contributed by atoms with Gasteiger partial charge in [-0.05, 0) is 129 Å². The number of hydrogen-bond donors (Lipinski definition) is 0. The predicted octanol–water partition coefficient (Wildman–Crippen LogP) is 13.0. The van der Waals surface area contributed by atoms with E-state index in [1.165, 1.54) is 57.8 Å². The number of benzene rings is 3. The molecular formula is C41H51F3. The molecule has 0 aromatic heterocycles. The molecule has 0 saturated heterocycles. The molecule has 0 bridgehead atoms. The monoisotopic (exact) mass is 600 g/mol. The average molecular weight is 601 g/mol. The lowest BCUT2D eigenvalue weighted by Gasteiger charge is -2.37. The molecule has 44 heavy (non-hydrogen) atoms. The van der Waals surface area contributed by atoms with Gasteiger partial charge in [-0.2, -0.15) is 0 Å². The number of hydrogen-bond acceptors (Lipinski definition) is 0. The van der Waals surface area contributed by atoms with E-state index in [2.05, 4.69) is 26.0 Å². The number of aryl methyl sites for hydroxylation is 1. The Kier molecular flexibility index (Phi) is 11.8. The molecule has 236 valence electrons. The van der Waals surface area contributed by atoms with Gasteiger partial charge in [0.2, 0.25) is 0 Å². The summed E-state index contributed by atoms with van der Waals surface area (Å²) in [4.78, 5) is 0. The summed E-state index contributed by atoms with van der Waals surface area (Å²) in [6.07, 6.45) is 21.8. The Morgan fingerprint density at radius 2 is 1.25 bits per heavy atom. The number of halogens is 3. The van der Waals surface area contributed by atoms with Gasteiger partial charge in [0, 0.05) is 5.56 Å². The molecule has 2 saturated carbocycles. The smallest absolute Gasteiger partial charge is 0.166 e. The minimum absolute atomic E-state index is 0.129. The van der Waals surface area contributed by atoms with Gasteiger partial charge < -0.3 is 0 Å². The molecule has 3 aromatic rings. The van der Waals surface area contributed by atoms with Crippen LogP contribution < -0.4 is 0 Å². The van der Waals surface area contributed by atoms with Gasteiger partial charge >= 0.3 is 0 Å². The van der Waals surface area contributed by atoms with Crippen molar-refractivity contribution in [1.82, 2.24) is 0 Å². The third kappa shape index (κ3) is 8.06. The number of rotatable bonds is 12. The van der Waals surface area contributed by atoms with Crippen LogP contribution in [0.15, 0.2) is 66.7 Å². The molecule has 5 rings (SSSR count). The van der Waals surface area contributed by atoms with Crippen molar-refractivity contribution in [3.8, 4) is 22.3 Å². The van der Waals surface area contributed by atoms with Crippen LogP contribution in [0.2, 0.25) is 0 Å². The molecule has 0 spiro atoms. The topological polar surface area (TPSA) is 0 Å². The van der Waals surface area contributed by atoms with E-state index in [1.807, 2.05) is 24.3 Å². The van der Waals surface area contributed by atoms with Crippen LogP contribution in [0.4, 0.5) is 13.2 Å². The molecular weight excluding hydrogens is 549 g/mol. The largest absolute Gasteiger partial charge is 0.207 e. The molecule has 2 fully saturated rings. The lowest BCUT2D eigenvalue weighted by molar-refractivity contribution is 0.171. The van der Waals surface area contributed by atoms with Crippen molar-refractivity contribution in [3.63, 3.8) is 0 Å². The van der Waals surface area contributed by atoms with Gasteiger partial charge in [0.25, 0.3) is 0 Å². The maximum Gasteiger partial charge on any atom is 0.166 e. The minimum Gasteiger partial charge on any atom is -0.207 e. The highest BCUT2D eigenvalue weighted by molar-refractivity contribution is 5.71. The van der Waals surface area contributed by atoms with Gasteiger partial charge in [0.15, 0.2) is 11.6 Å². The molecule has 2 aliphatic carbocycles. The van der Waals surface area contributed by atoms with Crippen molar-refractivity contribution < 1.29 is 13.2 Å². The summed E-state index contributed by atoms with van der Waals surface area (Å²) in [6, 6.07) is 16.4. The lowest BCUT2D eigenvalue weighted by atomic mass is 9.68. The second kappa shape index (κ2) is 16.0. The highest BCUT2D eigenvalue weighted by Gasteiger charge is 2.31. The standard InChI is InChI=1S/C41H51F3/c1-3-5-6-7-8-9-11-35-24-27-38(41(44)40(35)43)34-22-18-32(19-23-34)36-25-26-37(39(42)28-36)33-20-16-31(17-21-33)30-14-12-29(10-4-2)13-15-30/h4,10,18-19,22-31,33H,3,5-9,11-17,20-21H2,1-2H3. The van der Waals surface area contributed by atoms with E-state index in [1.54, 1.807) is 30.3 Å². The van der Waals surface area contributed by atoms with Crippen LogP contribution in [0.3, 0.4) is 0 Å². The van der Waals surface area contributed by atoms with Crippen molar-refractivity contribution in [2.24, 2.45) is 17.8 Å². The Morgan fingerprint density at radius 1 is 0.636 bits per heavy atom. The van der Waals surface area contributed by atoms with Gasteiger partial charge in [-0.1, -0.05) is 99.7 Å². The summed E-state index contributed by atoms with van der Waals surface area (Å²) in [6.45, 7) is 4.31. The zero-order chi connectivity index (χ0) is 30.9. The third-order valence-corrected chi connectivity index (χ3v) is 10.7. The summed E-state index contributed by atoms with van der Waals surface area (Å²) < 4.78 is 45.4. The molecule has 0 nitrogen and oxygen atoms in total. The first-order valence-corrected chi connectivity index (χ1v) is 17.5. The zero-order valence-electron chi connectivity index (χ0n) is 26.9. The molecule has 0 atom stereocenters. The van der Waals surface area contributed by atoms with E-state index < -0.39 is 11.6 Å². The number of allylic oxidation sites excluding steroid dienone is 2. The van der Waals surface area contributed by atoms with E-state index in [-0.39, 0.29) is 11.4 Å². The van der Waals surface area contributed by atoms with Crippen LogP contribution in [-0.2, 0) is 6.42 Å². The summed E-state index contributed by atoms with van der Waals surface area (Å²) >= 11 is 0. The Balaban J connectivity index is 1.17. The van der Waals surface area contributed by atoms with Crippen LogP contribution in [0.5, 0.6) is 0 Å². The molecule has 0 amide bonds. The Labute approximate surface area is 264 Å². The van der Waals surface area contributed by atoms with E-state index >= 15 is 8.78 Å². The molecule has 2 aliphatic rings. The fourth-order valence-electron chi connectivity index (χ4n) is 7.96. The maximum atomic E-state index is 15.4. The van der Waals surface area contributed by atoms with Gasteiger partial charge in [-0.25, -0.2) is 13.2 Å². The molecule has 3 heteroatoms. The van der Waals surface area contributed by atoms with Crippen LogP contribution in [0.1, 0.15) is 121 Å². The first kappa shape index (κ1) is 32.6. The van der Waals surface area contributed by atoms with Crippen LogP contribution in [0.25, 0.3) is 22.3 Å². The maximum absolute atomic E-state index is 15.4. The first-order chi connectivity index (χ1) is 21.5. The highest BCUT2D eigenvalue weighted by atomic mass is 19.2. The Bertz CT molecular complexity index is 1360. The van der Waals surface area contributed by atoms with Crippen LogP contribution in [0, 0.1) is 35.2 Å². The van der Waals surface area contributed by atoms with E-state index in [0.29, 0.717) is 23.5 Å². The average Bonchev–Trinajstić information content (AvgIpc) is 3.05. The SMILES string of the molecule is CC=CC1CCC(C2CCC(c3ccc(-c4ccc(-c5ccc(CCCCCCCC)c(F)c5F)cc4)cc3F)CC2)CC1. The second-order valence-corrected chi connectivity index (χ2v) is 13.5. The number of unbranched alkanes of at least 4 members (excludes halogenated alkanes) is 5. The molecule has 0 N–H and O–H groups in total. The van der Waals surface area contributed by atoms with Crippen molar-refractivity contribution >= 4 is 0 Å². The molecule has 3 aromatic carbocycles. The fourth-order valence-corrected chi connectivity index (χ4v) is 7.96. The second-order valence-electron chi connectivity index (χ2n) is 13.5. The fraction of sp³-hybridized carbons (Fsp3) is 0.512. The van der Waals surface area contributed by atoms with Crippen molar-refractivity contribution in [1.29, 1.82) is 0 Å². The molecule has 0 radical (unpaired) electrons. The quantitative estimate of drug-likeness (QED) is 0.143. The molecule has 0 aliphatic heterocycles. The summed E-state index contributed by atoms with van der Waals surface area (Å²) in [5.74, 6) is 1.07. The molecule has 0 heterocycles. The van der Waals surface area contributed by atoms with Crippen molar-refractivity contribution in [2.75, 3.05) is 0 Å². The highest BCUT2D eigenvalue weighted by Crippen LogP contribution is 2.45. The predicted molar refractivity (Wildman–Crippen MR) is 179 cm³/mol. The van der Waals surface area contributed by atoms with E-state index in [0.717, 1.165) is 66.5 Å².